The van der Waals surface area contributed by atoms with Gasteiger partial charge in [0.2, 0.25) is 11.8 Å². The molecule has 13 nitrogen and oxygen atoms in total. The van der Waals surface area contributed by atoms with Gasteiger partial charge in [-0.3, -0.25) is 24.0 Å². The number of carbonyl (C=O) groups excluding carboxylic acids is 4. The van der Waals surface area contributed by atoms with Crippen molar-refractivity contribution in [3.63, 3.8) is 0 Å². The second-order valence-electron chi connectivity index (χ2n) is 8.83. The van der Waals surface area contributed by atoms with Crippen LogP contribution < -0.4 is 27.4 Å². The minimum Gasteiger partial charge on any atom is -0.481 e. The molecule has 0 fully saturated rings. The smallest absolute Gasteiger partial charge is 0.326 e. The van der Waals surface area contributed by atoms with E-state index in [4.69, 9.17) is 21.7 Å². The maximum Gasteiger partial charge on any atom is 0.326 e. The van der Waals surface area contributed by atoms with Gasteiger partial charge in [0, 0.05) is 49.2 Å². The molecule has 0 bridgehead atoms. The molecule has 1 atom stereocenters. The Bertz CT molecular complexity index is 998. The van der Waals surface area contributed by atoms with Gasteiger partial charge >= 0.3 is 11.9 Å². The van der Waals surface area contributed by atoms with E-state index >= 15 is 0 Å². The maximum absolute atomic E-state index is 12.5. The van der Waals surface area contributed by atoms with Crippen LogP contribution in [-0.2, 0) is 19.2 Å². The first-order valence-electron chi connectivity index (χ1n) is 12.5. The van der Waals surface area contributed by atoms with E-state index in [-0.39, 0.29) is 47.9 Å². The Morgan fingerprint density at radius 1 is 0.737 bits per heavy atom. The number of hydrogen-bond donors (Lipinski definition) is 7. The molecule has 1 rings (SSSR count). The SMILES string of the molecule is NC(=O)CCCCCNC(=O)c1cc(N)cc(C(=O)NCCCCCC(=O)NC(CCC(=O)O)C(=O)O)c1. The summed E-state index contributed by atoms with van der Waals surface area (Å²) in [6.45, 7) is 0.726. The van der Waals surface area contributed by atoms with Crippen molar-refractivity contribution in [3.05, 3.63) is 29.3 Å². The summed E-state index contributed by atoms with van der Waals surface area (Å²) in [5.41, 5.74) is 11.7. The van der Waals surface area contributed by atoms with Crippen LogP contribution in [0.15, 0.2) is 18.2 Å². The number of rotatable bonds is 19. The van der Waals surface area contributed by atoms with E-state index in [1.807, 2.05) is 0 Å². The summed E-state index contributed by atoms with van der Waals surface area (Å²) >= 11 is 0. The molecule has 1 aromatic carbocycles. The second kappa shape index (κ2) is 17.3. The first-order valence-corrected chi connectivity index (χ1v) is 12.5. The Morgan fingerprint density at radius 3 is 1.74 bits per heavy atom. The van der Waals surface area contributed by atoms with Gasteiger partial charge in [0.1, 0.15) is 6.04 Å². The molecule has 0 spiro atoms. The fraction of sp³-hybridized carbons (Fsp3) is 0.520. The molecule has 1 aromatic rings. The largest absolute Gasteiger partial charge is 0.481 e. The summed E-state index contributed by atoms with van der Waals surface area (Å²) in [6.07, 6.45) is 3.50. The van der Waals surface area contributed by atoms with Gasteiger partial charge in [-0.1, -0.05) is 12.8 Å². The van der Waals surface area contributed by atoms with E-state index < -0.39 is 29.8 Å². The van der Waals surface area contributed by atoms with Crippen molar-refractivity contribution in [2.45, 2.75) is 70.3 Å². The normalized spacial score (nSPS) is 11.3. The molecule has 0 aromatic heterocycles. The highest BCUT2D eigenvalue weighted by atomic mass is 16.4. The lowest BCUT2D eigenvalue weighted by Gasteiger charge is -2.13. The number of nitrogens with two attached hydrogens (primary N) is 2. The number of carboxylic acids is 2. The highest BCUT2D eigenvalue weighted by Gasteiger charge is 2.20. The van der Waals surface area contributed by atoms with Gasteiger partial charge in [0.15, 0.2) is 0 Å². The van der Waals surface area contributed by atoms with E-state index in [9.17, 15) is 28.8 Å². The summed E-state index contributed by atoms with van der Waals surface area (Å²) in [5.74, 6) is -4.05. The van der Waals surface area contributed by atoms with Crippen LogP contribution in [0.3, 0.4) is 0 Å². The third-order valence-corrected chi connectivity index (χ3v) is 5.51. The number of carbonyl (C=O) groups is 6. The minimum atomic E-state index is -1.29. The van der Waals surface area contributed by atoms with Gasteiger partial charge in [-0.15, -0.1) is 0 Å². The van der Waals surface area contributed by atoms with Gasteiger partial charge in [0.25, 0.3) is 11.8 Å². The van der Waals surface area contributed by atoms with Crippen LogP contribution in [0, 0.1) is 0 Å². The van der Waals surface area contributed by atoms with Gasteiger partial charge < -0.3 is 37.6 Å². The minimum absolute atomic E-state index is 0.0730. The predicted octanol–water partition coefficient (Wildman–Crippen LogP) is 0.769. The average molecular weight is 536 g/mol. The standard InChI is InChI=1S/C25H37N5O8/c26-18-14-16(23(35)28-11-5-1-3-7-20(27)31)13-17(15-18)24(36)29-12-6-2-4-8-21(32)30-19(25(37)38)9-10-22(33)34/h13-15,19H,1-12,26H2,(H2,27,31)(H,28,35)(H,29,36)(H,30,32)(H,33,34)(H,37,38). The third kappa shape index (κ3) is 13.8. The van der Waals surface area contributed by atoms with Crippen molar-refractivity contribution in [2.75, 3.05) is 18.8 Å². The van der Waals surface area contributed by atoms with Crippen molar-refractivity contribution < 1.29 is 39.0 Å². The molecule has 210 valence electrons. The molecule has 13 heteroatoms. The van der Waals surface area contributed by atoms with Crippen LogP contribution in [0.5, 0.6) is 0 Å². The highest BCUT2D eigenvalue weighted by Crippen LogP contribution is 2.13. The number of hydrogen-bond acceptors (Lipinski definition) is 7. The van der Waals surface area contributed by atoms with Gasteiger partial charge in [-0.05, 0) is 50.3 Å². The molecule has 0 aliphatic rings. The monoisotopic (exact) mass is 535 g/mol. The molecule has 0 saturated heterocycles. The Labute approximate surface area is 220 Å². The maximum atomic E-state index is 12.5. The van der Waals surface area contributed by atoms with Crippen LogP contribution >= 0.6 is 0 Å². The van der Waals surface area contributed by atoms with Crippen LogP contribution in [0.1, 0.15) is 84.9 Å². The summed E-state index contributed by atoms with van der Waals surface area (Å²) < 4.78 is 0. The van der Waals surface area contributed by atoms with Crippen LogP contribution in [0.25, 0.3) is 0 Å². The summed E-state index contributed by atoms with van der Waals surface area (Å²) in [7, 11) is 0. The van der Waals surface area contributed by atoms with E-state index in [1.165, 1.54) is 18.2 Å². The number of benzene rings is 1. The Kier molecular flexibility index (Phi) is 14.5. The third-order valence-electron chi connectivity index (χ3n) is 5.51. The van der Waals surface area contributed by atoms with Crippen molar-refractivity contribution in [3.8, 4) is 0 Å². The highest BCUT2D eigenvalue weighted by molar-refractivity contribution is 6.01. The first kappa shape index (κ1) is 31.9. The molecular weight excluding hydrogens is 498 g/mol. The number of unbranched alkanes of at least 4 members (excludes halogenated alkanes) is 4. The van der Waals surface area contributed by atoms with Gasteiger partial charge in [-0.25, -0.2) is 4.79 Å². The quantitative estimate of drug-likeness (QED) is 0.0977. The van der Waals surface area contributed by atoms with Crippen molar-refractivity contribution in [2.24, 2.45) is 5.73 Å². The molecule has 4 amide bonds. The molecule has 0 saturated carbocycles. The fourth-order valence-electron chi connectivity index (χ4n) is 3.50. The molecule has 0 radical (unpaired) electrons. The first-order chi connectivity index (χ1) is 18.0. The number of nitrogen functional groups attached to an aromatic ring is 1. The zero-order valence-electron chi connectivity index (χ0n) is 21.3. The number of carboxylic acid groups (broad SMARTS) is 2. The van der Waals surface area contributed by atoms with Crippen molar-refractivity contribution in [1.82, 2.24) is 16.0 Å². The Hall–Kier alpha value is -4.16. The Morgan fingerprint density at radius 2 is 1.26 bits per heavy atom. The molecule has 1 unspecified atom stereocenters. The number of anilines is 1. The van der Waals surface area contributed by atoms with E-state index in [0.717, 1.165) is 6.42 Å². The van der Waals surface area contributed by atoms with Crippen LogP contribution in [0.2, 0.25) is 0 Å². The lowest BCUT2D eigenvalue weighted by Crippen LogP contribution is -2.41. The molecule has 0 aliphatic heterocycles. The summed E-state index contributed by atoms with van der Waals surface area (Å²) in [4.78, 5) is 69.3. The molecule has 0 heterocycles. The summed E-state index contributed by atoms with van der Waals surface area (Å²) in [5, 5.41) is 25.5. The molecular formula is C25H37N5O8. The number of primary amides is 1. The topological polar surface area (TPSA) is 231 Å². The zero-order chi connectivity index (χ0) is 28.5. The van der Waals surface area contributed by atoms with Crippen LogP contribution in [-0.4, -0.2) is 64.9 Å². The van der Waals surface area contributed by atoms with Crippen molar-refractivity contribution >= 4 is 41.3 Å². The van der Waals surface area contributed by atoms with Crippen LogP contribution in [0.4, 0.5) is 5.69 Å². The number of amides is 4. The van der Waals surface area contributed by atoms with Gasteiger partial charge in [0.05, 0.1) is 0 Å². The van der Waals surface area contributed by atoms with E-state index in [0.29, 0.717) is 51.6 Å². The average Bonchev–Trinajstić information content (AvgIpc) is 2.84. The van der Waals surface area contributed by atoms with E-state index in [2.05, 4.69) is 16.0 Å². The predicted molar refractivity (Wildman–Crippen MR) is 138 cm³/mol. The lowest BCUT2D eigenvalue weighted by molar-refractivity contribution is -0.143. The lowest BCUT2D eigenvalue weighted by atomic mass is 10.1. The second-order valence-corrected chi connectivity index (χ2v) is 8.83. The molecule has 38 heavy (non-hydrogen) atoms. The number of nitrogens with one attached hydrogen (secondary N) is 3. The molecule has 0 aliphatic carbocycles. The van der Waals surface area contributed by atoms with E-state index in [1.54, 1.807) is 0 Å². The van der Waals surface area contributed by atoms with Gasteiger partial charge in [-0.2, -0.15) is 0 Å². The zero-order valence-corrected chi connectivity index (χ0v) is 21.3. The fourth-order valence-corrected chi connectivity index (χ4v) is 3.50. The Balaban J connectivity index is 2.37. The van der Waals surface area contributed by atoms with Crippen molar-refractivity contribution in [1.29, 1.82) is 0 Å². The summed E-state index contributed by atoms with van der Waals surface area (Å²) in [6, 6.07) is 3.13. The number of aliphatic carboxylic acids is 2. The molecule has 9 N–H and O–H groups in total.